The molecule has 28 heavy (non-hydrogen) atoms. The van der Waals surface area contributed by atoms with Crippen LogP contribution in [0.2, 0.25) is 0 Å². The van der Waals surface area contributed by atoms with Gasteiger partial charge in [-0.2, -0.15) is 0 Å². The lowest BCUT2D eigenvalue weighted by molar-refractivity contribution is 0.987. The number of hydrogen-bond acceptors (Lipinski definition) is 2. The van der Waals surface area contributed by atoms with Crippen molar-refractivity contribution < 1.29 is 0 Å². The molecule has 1 unspecified atom stereocenters. The summed E-state index contributed by atoms with van der Waals surface area (Å²) in [5, 5.41) is 4.85. The molecule has 1 N–H and O–H groups in total. The number of nitrogens with zero attached hydrogens (tertiary/aromatic N) is 1. The van der Waals surface area contributed by atoms with Crippen LogP contribution in [0, 0.1) is 6.92 Å². The van der Waals surface area contributed by atoms with Crippen LogP contribution >= 0.6 is 0 Å². The Balaban J connectivity index is 1.78. The molecule has 1 aromatic heterocycles. The molecule has 0 saturated carbocycles. The first-order chi connectivity index (χ1) is 13.7. The molecular weight excluding hydrogens is 340 g/mol. The van der Waals surface area contributed by atoms with Gasteiger partial charge in [-0.1, -0.05) is 78.9 Å². The topological polar surface area (TPSA) is 24.9 Å². The summed E-state index contributed by atoms with van der Waals surface area (Å²) in [5.41, 5.74) is 9.40. The van der Waals surface area contributed by atoms with Gasteiger partial charge in [-0.05, 0) is 42.2 Å². The molecule has 2 heterocycles. The second kappa shape index (κ2) is 6.65. The standard InChI is InChI=1S/C26H22N2/c1-17-15-23(19-9-5-3-6-10-19)21-13-14-22-24(20-11-7-4-8-12-20)16-18(2)28-26(22)25(21)27-17/h3-17,27H,1-2H3. The van der Waals surface area contributed by atoms with Crippen molar-refractivity contribution in [3.8, 4) is 11.1 Å². The highest BCUT2D eigenvalue weighted by atomic mass is 14.9. The maximum absolute atomic E-state index is 4.95. The fourth-order valence-corrected chi connectivity index (χ4v) is 4.13. The maximum atomic E-state index is 4.95. The molecule has 2 heteroatoms. The summed E-state index contributed by atoms with van der Waals surface area (Å²) in [6, 6.07) is 28.1. The number of anilines is 1. The fraction of sp³-hybridized carbons (Fsp3) is 0.115. The number of pyridine rings is 1. The lowest BCUT2D eigenvalue weighted by atomic mass is 9.89. The van der Waals surface area contributed by atoms with E-state index in [4.69, 9.17) is 4.98 Å². The number of nitrogens with one attached hydrogen (secondary N) is 1. The lowest BCUT2D eigenvalue weighted by Gasteiger charge is -2.26. The quantitative estimate of drug-likeness (QED) is 0.443. The summed E-state index contributed by atoms with van der Waals surface area (Å²) in [7, 11) is 0. The van der Waals surface area contributed by atoms with E-state index in [1.165, 1.54) is 33.2 Å². The molecule has 4 aromatic rings. The third-order valence-corrected chi connectivity index (χ3v) is 5.36. The van der Waals surface area contributed by atoms with Crippen LogP contribution in [-0.4, -0.2) is 11.0 Å². The van der Waals surface area contributed by atoms with Crippen LogP contribution in [0.5, 0.6) is 0 Å². The van der Waals surface area contributed by atoms with Crippen molar-refractivity contribution >= 4 is 22.2 Å². The predicted octanol–water partition coefficient (Wildman–Crippen LogP) is 6.46. The van der Waals surface area contributed by atoms with Crippen molar-refractivity contribution in [2.75, 3.05) is 5.32 Å². The molecule has 3 aromatic carbocycles. The Labute approximate surface area is 165 Å². The van der Waals surface area contributed by atoms with E-state index in [1.54, 1.807) is 0 Å². The molecule has 0 fully saturated rings. The molecule has 5 rings (SSSR count). The van der Waals surface area contributed by atoms with Crippen LogP contribution in [0.4, 0.5) is 5.69 Å². The highest BCUT2D eigenvalue weighted by Crippen LogP contribution is 2.40. The lowest BCUT2D eigenvalue weighted by Crippen LogP contribution is -2.19. The molecule has 2 nitrogen and oxygen atoms in total. The van der Waals surface area contributed by atoms with Gasteiger partial charge < -0.3 is 5.32 Å². The first kappa shape index (κ1) is 16.8. The SMILES string of the molecule is Cc1cc(-c2ccccc2)c2ccc3c(c2n1)NC(C)C=C3c1ccccc1. The van der Waals surface area contributed by atoms with Crippen LogP contribution in [0.25, 0.3) is 27.6 Å². The molecule has 1 atom stereocenters. The van der Waals surface area contributed by atoms with Gasteiger partial charge in [0.2, 0.25) is 0 Å². The zero-order valence-corrected chi connectivity index (χ0v) is 16.1. The van der Waals surface area contributed by atoms with E-state index >= 15 is 0 Å². The maximum Gasteiger partial charge on any atom is 0.0949 e. The summed E-state index contributed by atoms with van der Waals surface area (Å²) in [5.74, 6) is 0. The second-order valence-electron chi connectivity index (χ2n) is 7.44. The first-order valence-electron chi connectivity index (χ1n) is 9.74. The number of aromatic nitrogens is 1. The monoisotopic (exact) mass is 362 g/mol. The van der Waals surface area contributed by atoms with Crippen molar-refractivity contribution in [3.05, 3.63) is 102 Å². The number of aryl methyl sites for hydroxylation is 1. The van der Waals surface area contributed by atoms with Crippen molar-refractivity contribution in [3.63, 3.8) is 0 Å². The summed E-state index contributed by atoms with van der Waals surface area (Å²) in [4.78, 5) is 4.95. The molecule has 1 aliphatic rings. The summed E-state index contributed by atoms with van der Waals surface area (Å²) in [6.07, 6.45) is 2.30. The van der Waals surface area contributed by atoms with Crippen molar-refractivity contribution in [2.45, 2.75) is 19.9 Å². The zero-order valence-electron chi connectivity index (χ0n) is 16.1. The molecule has 0 radical (unpaired) electrons. The molecule has 1 aliphatic heterocycles. The van der Waals surface area contributed by atoms with E-state index in [0.717, 1.165) is 16.9 Å². The average molecular weight is 362 g/mol. The minimum Gasteiger partial charge on any atom is -0.377 e. The largest absolute Gasteiger partial charge is 0.377 e. The normalized spacial score (nSPS) is 15.6. The molecule has 0 amide bonds. The van der Waals surface area contributed by atoms with Gasteiger partial charge in [-0.3, -0.25) is 4.98 Å². The average Bonchev–Trinajstić information content (AvgIpc) is 2.74. The Bertz CT molecular complexity index is 1190. The van der Waals surface area contributed by atoms with Gasteiger partial charge in [-0.15, -0.1) is 0 Å². The van der Waals surface area contributed by atoms with E-state index in [1.807, 2.05) is 0 Å². The second-order valence-corrected chi connectivity index (χ2v) is 7.44. The van der Waals surface area contributed by atoms with Gasteiger partial charge in [0.05, 0.1) is 11.2 Å². The minimum atomic E-state index is 0.246. The zero-order chi connectivity index (χ0) is 19.1. The minimum absolute atomic E-state index is 0.246. The summed E-state index contributed by atoms with van der Waals surface area (Å²) >= 11 is 0. The molecular formula is C26H22N2. The van der Waals surface area contributed by atoms with Crippen molar-refractivity contribution in [2.24, 2.45) is 0 Å². The number of hydrogen-bond donors (Lipinski definition) is 1. The smallest absolute Gasteiger partial charge is 0.0949 e. The van der Waals surface area contributed by atoms with E-state index in [-0.39, 0.29) is 6.04 Å². The van der Waals surface area contributed by atoms with E-state index in [2.05, 4.69) is 104 Å². The van der Waals surface area contributed by atoms with E-state index < -0.39 is 0 Å². The Kier molecular flexibility index (Phi) is 3.98. The van der Waals surface area contributed by atoms with Gasteiger partial charge in [0.1, 0.15) is 0 Å². The third kappa shape index (κ3) is 2.78. The van der Waals surface area contributed by atoms with Gasteiger partial charge in [0.25, 0.3) is 0 Å². The van der Waals surface area contributed by atoms with Crippen LogP contribution in [0.3, 0.4) is 0 Å². The summed E-state index contributed by atoms with van der Waals surface area (Å²) in [6.45, 7) is 4.27. The molecule has 0 aliphatic carbocycles. The Hall–Kier alpha value is -3.39. The van der Waals surface area contributed by atoms with Crippen molar-refractivity contribution in [1.29, 1.82) is 0 Å². The van der Waals surface area contributed by atoms with Gasteiger partial charge in [0.15, 0.2) is 0 Å². The first-order valence-corrected chi connectivity index (χ1v) is 9.74. The Morgan fingerprint density at radius 3 is 2.18 bits per heavy atom. The van der Waals surface area contributed by atoms with Crippen molar-refractivity contribution in [1.82, 2.24) is 4.98 Å². The highest BCUT2D eigenvalue weighted by molar-refractivity contribution is 6.06. The van der Waals surface area contributed by atoms with Crippen LogP contribution in [-0.2, 0) is 0 Å². The molecule has 136 valence electrons. The molecule has 0 saturated heterocycles. The van der Waals surface area contributed by atoms with Gasteiger partial charge in [-0.25, -0.2) is 0 Å². The van der Waals surface area contributed by atoms with E-state index in [0.29, 0.717) is 0 Å². The number of benzene rings is 3. The van der Waals surface area contributed by atoms with Crippen LogP contribution in [0.15, 0.2) is 84.9 Å². The molecule has 0 spiro atoms. The van der Waals surface area contributed by atoms with Crippen LogP contribution < -0.4 is 5.32 Å². The van der Waals surface area contributed by atoms with E-state index in [9.17, 15) is 0 Å². The number of fused-ring (bicyclic) bond motifs is 3. The van der Waals surface area contributed by atoms with Crippen LogP contribution in [0.1, 0.15) is 23.7 Å². The molecule has 0 bridgehead atoms. The van der Waals surface area contributed by atoms with Gasteiger partial charge >= 0.3 is 0 Å². The fourth-order valence-electron chi connectivity index (χ4n) is 4.13. The Morgan fingerprint density at radius 2 is 1.46 bits per heavy atom. The number of rotatable bonds is 2. The summed E-state index contributed by atoms with van der Waals surface area (Å²) < 4.78 is 0. The highest BCUT2D eigenvalue weighted by Gasteiger charge is 2.21. The Morgan fingerprint density at radius 1 is 0.786 bits per heavy atom. The third-order valence-electron chi connectivity index (χ3n) is 5.36. The van der Waals surface area contributed by atoms with Gasteiger partial charge in [0, 0.05) is 22.7 Å². The predicted molar refractivity (Wildman–Crippen MR) is 119 cm³/mol.